The zero-order valence-corrected chi connectivity index (χ0v) is 12.5. The number of nitrogens with zero attached hydrogens (tertiary/aromatic N) is 2. The van der Waals surface area contributed by atoms with Crippen molar-refractivity contribution in [2.45, 2.75) is 39.5 Å². The van der Waals surface area contributed by atoms with E-state index in [4.69, 9.17) is 17.3 Å². The fourth-order valence-corrected chi connectivity index (χ4v) is 2.17. The number of rotatable bonds is 0. The monoisotopic (exact) mass is 263 g/mol. The number of nitrogens with two attached hydrogens (primary N) is 1. The molecule has 2 rings (SSSR count). The van der Waals surface area contributed by atoms with Crippen LogP contribution in [0.25, 0.3) is 0 Å². The molecule has 6 heteroatoms. The highest BCUT2D eigenvalue weighted by Crippen LogP contribution is 2.25. The Morgan fingerprint density at radius 1 is 1.18 bits per heavy atom. The Balaban J connectivity index is 0.000000581. The second-order valence-corrected chi connectivity index (χ2v) is 3.86. The lowest BCUT2D eigenvalue weighted by molar-refractivity contribution is 0.309. The molecule has 0 radical (unpaired) electrons. The molecule has 2 atom stereocenters. The third kappa shape index (κ3) is 3.66. The first kappa shape index (κ1) is 16.4. The summed E-state index contributed by atoms with van der Waals surface area (Å²) in [6.07, 6.45) is -0.268. The maximum atomic E-state index is 6.12. The summed E-state index contributed by atoms with van der Waals surface area (Å²) in [7, 11) is 4.02. The summed E-state index contributed by atoms with van der Waals surface area (Å²) >= 11 is 6.12. The van der Waals surface area contributed by atoms with Crippen LogP contribution in [0.1, 0.15) is 27.7 Å². The summed E-state index contributed by atoms with van der Waals surface area (Å²) in [4.78, 5) is 4.18. The highest BCUT2D eigenvalue weighted by atomic mass is 35.5. The van der Waals surface area contributed by atoms with Gasteiger partial charge in [0.2, 0.25) is 0 Å². The van der Waals surface area contributed by atoms with Gasteiger partial charge in [-0.1, -0.05) is 39.3 Å². The van der Waals surface area contributed by atoms with Gasteiger partial charge in [-0.3, -0.25) is 11.1 Å². The van der Waals surface area contributed by atoms with E-state index in [1.165, 1.54) is 0 Å². The SMILES string of the molecule is CC.CC.CN1CN(C)C2=C1NC(N)NC2Cl. The van der Waals surface area contributed by atoms with Crippen molar-refractivity contribution in [1.82, 2.24) is 20.4 Å². The van der Waals surface area contributed by atoms with Gasteiger partial charge in [0.25, 0.3) is 0 Å². The summed E-state index contributed by atoms with van der Waals surface area (Å²) in [5.41, 5.74) is 6.56. The highest BCUT2D eigenvalue weighted by Gasteiger charge is 2.34. The van der Waals surface area contributed by atoms with Crippen LogP contribution in [-0.2, 0) is 0 Å². The van der Waals surface area contributed by atoms with Gasteiger partial charge in [0.05, 0.1) is 12.4 Å². The average molecular weight is 264 g/mol. The van der Waals surface area contributed by atoms with Gasteiger partial charge in [-0.15, -0.1) is 0 Å². The average Bonchev–Trinajstić information content (AvgIpc) is 2.60. The first-order valence-corrected chi connectivity index (χ1v) is 6.62. The maximum absolute atomic E-state index is 6.12. The van der Waals surface area contributed by atoms with Crippen LogP contribution in [0.15, 0.2) is 11.5 Å². The first-order chi connectivity index (χ1) is 8.09. The van der Waals surface area contributed by atoms with Gasteiger partial charge in [-0.2, -0.15) is 0 Å². The quantitative estimate of drug-likeness (QED) is 0.451. The molecule has 0 amide bonds. The topological polar surface area (TPSA) is 56.6 Å². The van der Waals surface area contributed by atoms with Crippen molar-refractivity contribution < 1.29 is 0 Å². The molecule has 2 aliphatic heterocycles. The van der Waals surface area contributed by atoms with E-state index in [-0.39, 0.29) is 11.8 Å². The van der Waals surface area contributed by atoms with Crippen LogP contribution in [0, 0.1) is 0 Å². The lowest BCUT2D eigenvalue weighted by atomic mass is 10.3. The molecule has 4 N–H and O–H groups in total. The molecule has 2 unspecified atom stereocenters. The van der Waals surface area contributed by atoms with E-state index < -0.39 is 0 Å². The molecule has 0 saturated carbocycles. The van der Waals surface area contributed by atoms with Gasteiger partial charge >= 0.3 is 0 Å². The molecule has 0 saturated heterocycles. The predicted molar refractivity (Wildman–Crippen MR) is 74.0 cm³/mol. The second kappa shape index (κ2) is 7.63. The molecule has 0 fully saturated rings. The summed E-state index contributed by atoms with van der Waals surface area (Å²) < 4.78 is 0. The molecular formula is C11H26ClN5. The minimum atomic E-state index is -0.268. The van der Waals surface area contributed by atoms with E-state index in [9.17, 15) is 0 Å². The minimum Gasteiger partial charge on any atom is -0.355 e. The van der Waals surface area contributed by atoms with Crippen LogP contribution in [-0.4, -0.2) is 42.4 Å². The zero-order chi connectivity index (χ0) is 13.6. The van der Waals surface area contributed by atoms with Crippen molar-refractivity contribution in [1.29, 1.82) is 0 Å². The van der Waals surface area contributed by atoms with Crippen molar-refractivity contribution in [2.24, 2.45) is 5.73 Å². The van der Waals surface area contributed by atoms with E-state index in [2.05, 4.69) is 20.4 Å². The van der Waals surface area contributed by atoms with Crippen molar-refractivity contribution in [2.75, 3.05) is 20.8 Å². The van der Waals surface area contributed by atoms with E-state index in [0.29, 0.717) is 0 Å². The summed E-state index contributed by atoms with van der Waals surface area (Å²) in [6.45, 7) is 8.84. The lowest BCUT2D eigenvalue weighted by Crippen LogP contribution is -2.57. The Hall–Kier alpha value is -0.650. The van der Waals surface area contributed by atoms with Crippen molar-refractivity contribution in [3.63, 3.8) is 0 Å². The molecular weight excluding hydrogens is 238 g/mol. The molecule has 2 aliphatic rings. The minimum absolute atomic E-state index is 0.207. The van der Waals surface area contributed by atoms with Crippen LogP contribution in [0.5, 0.6) is 0 Å². The molecule has 2 heterocycles. The molecule has 0 aromatic carbocycles. The maximum Gasteiger partial charge on any atom is 0.132 e. The lowest BCUT2D eigenvalue weighted by Gasteiger charge is -2.30. The molecule has 0 aromatic heterocycles. The Labute approximate surface area is 110 Å². The smallest absolute Gasteiger partial charge is 0.132 e. The highest BCUT2D eigenvalue weighted by molar-refractivity contribution is 6.22. The summed E-state index contributed by atoms with van der Waals surface area (Å²) in [5.74, 6) is 1.02. The Morgan fingerprint density at radius 3 is 2.24 bits per heavy atom. The van der Waals surface area contributed by atoms with Gasteiger partial charge in [0.1, 0.15) is 17.6 Å². The number of alkyl halides is 1. The predicted octanol–water partition coefficient (Wildman–Crippen LogP) is 1.04. The number of halogens is 1. The van der Waals surface area contributed by atoms with Crippen LogP contribution >= 0.6 is 11.6 Å². The van der Waals surface area contributed by atoms with Gasteiger partial charge in [-0.25, -0.2) is 0 Å². The van der Waals surface area contributed by atoms with Gasteiger partial charge in [-0.05, 0) is 0 Å². The summed E-state index contributed by atoms with van der Waals surface area (Å²) in [6, 6.07) is 0. The zero-order valence-electron chi connectivity index (χ0n) is 11.7. The molecule has 0 bridgehead atoms. The third-order valence-electron chi connectivity index (χ3n) is 2.32. The molecule has 5 nitrogen and oxygen atoms in total. The molecule has 0 aromatic rings. The Morgan fingerprint density at radius 2 is 1.71 bits per heavy atom. The van der Waals surface area contributed by atoms with Crippen molar-refractivity contribution in [3.8, 4) is 0 Å². The van der Waals surface area contributed by atoms with Gasteiger partial charge < -0.3 is 15.1 Å². The molecule has 102 valence electrons. The second-order valence-electron chi connectivity index (χ2n) is 3.42. The largest absolute Gasteiger partial charge is 0.355 e. The van der Waals surface area contributed by atoms with Gasteiger partial charge in [0.15, 0.2) is 0 Å². The van der Waals surface area contributed by atoms with E-state index >= 15 is 0 Å². The number of likely N-dealkylation sites (N-methyl/N-ethyl adjacent to an activating group) is 1. The molecule has 0 spiro atoms. The van der Waals surface area contributed by atoms with Crippen LogP contribution < -0.4 is 16.4 Å². The first-order valence-electron chi connectivity index (χ1n) is 6.18. The van der Waals surface area contributed by atoms with E-state index in [0.717, 1.165) is 18.2 Å². The fourth-order valence-electron chi connectivity index (χ4n) is 1.76. The normalized spacial score (nSPS) is 26.4. The Kier molecular flexibility index (Phi) is 7.34. The molecule has 17 heavy (non-hydrogen) atoms. The standard InChI is InChI=1S/C7H14ClN5.2C2H6/c1-12-3-13(2)6-4(12)5(8)10-7(9)11-6;2*1-2/h5,7,10-11H,3,9H2,1-2H3;2*1-2H3. The fraction of sp³-hybridized carbons (Fsp3) is 0.818. The van der Waals surface area contributed by atoms with E-state index in [1.54, 1.807) is 0 Å². The van der Waals surface area contributed by atoms with E-state index in [1.807, 2.05) is 41.8 Å². The Bertz CT molecular complexity index is 256. The van der Waals surface area contributed by atoms with Crippen molar-refractivity contribution in [3.05, 3.63) is 11.5 Å². The number of hydrogen-bond donors (Lipinski definition) is 3. The number of hydrogen-bond acceptors (Lipinski definition) is 5. The van der Waals surface area contributed by atoms with Crippen molar-refractivity contribution >= 4 is 11.6 Å². The number of nitrogens with one attached hydrogen (secondary N) is 2. The summed E-state index contributed by atoms with van der Waals surface area (Å²) in [5, 5.41) is 6.14. The van der Waals surface area contributed by atoms with Crippen LogP contribution in [0.3, 0.4) is 0 Å². The molecule has 0 aliphatic carbocycles. The van der Waals surface area contributed by atoms with Crippen LogP contribution in [0.4, 0.5) is 0 Å². The van der Waals surface area contributed by atoms with Gasteiger partial charge in [0, 0.05) is 14.1 Å². The van der Waals surface area contributed by atoms with Crippen LogP contribution in [0.2, 0.25) is 0 Å². The third-order valence-corrected chi connectivity index (χ3v) is 2.65.